The Kier molecular flexibility index (Phi) is 5.05. The van der Waals surface area contributed by atoms with Crippen molar-refractivity contribution in [1.82, 2.24) is 5.32 Å². The molecule has 0 saturated heterocycles. The van der Waals surface area contributed by atoms with E-state index in [1.807, 2.05) is 18.2 Å². The summed E-state index contributed by atoms with van der Waals surface area (Å²) >= 11 is 0. The fraction of sp³-hybridized carbons (Fsp3) is 0.259. The van der Waals surface area contributed by atoms with Crippen LogP contribution in [0.3, 0.4) is 0 Å². The molecule has 0 fully saturated rings. The van der Waals surface area contributed by atoms with Gasteiger partial charge in [-0.25, -0.2) is 4.79 Å². The van der Waals surface area contributed by atoms with Crippen LogP contribution >= 0.6 is 0 Å². The number of fused-ring (bicyclic) bond motifs is 3. The van der Waals surface area contributed by atoms with E-state index in [1.54, 1.807) is 31.2 Å². The van der Waals surface area contributed by atoms with Gasteiger partial charge in [0.05, 0.1) is 11.6 Å². The van der Waals surface area contributed by atoms with Gasteiger partial charge in [-0.15, -0.1) is 8.78 Å². The first kappa shape index (κ1) is 23.1. The Balaban J connectivity index is 1.30. The van der Waals surface area contributed by atoms with E-state index in [0.29, 0.717) is 23.3 Å². The lowest BCUT2D eigenvalue weighted by atomic mass is 9.82. The van der Waals surface area contributed by atoms with E-state index in [9.17, 15) is 23.5 Å². The van der Waals surface area contributed by atoms with Gasteiger partial charge in [-0.2, -0.15) is 0 Å². The van der Waals surface area contributed by atoms with Crippen LogP contribution < -0.4 is 24.3 Å². The Morgan fingerprint density at radius 3 is 2.51 bits per heavy atom. The first-order chi connectivity index (χ1) is 17.6. The lowest BCUT2D eigenvalue weighted by Gasteiger charge is -2.34. The molecule has 0 spiro atoms. The summed E-state index contributed by atoms with van der Waals surface area (Å²) in [5.74, 6) is -0.885. The zero-order chi connectivity index (χ0) is 25.9. The molecule has 0 radical (unpaired) electrons. The molecule has 8 nitrogen and oxygen atoms in total. The van der Waals surface area contributed by atoms with Gasteiger partial charge in [-0.1, -0.05) is 30.3 Å². The smallest absolute Gasteiger partial charge is 0.492 e. The topological polar surface area (TPSA) is 103 Å². The van der Waals surface area contributed by atoms with Crippen molar-refractivity contribution in [3.05, 3.63) is 82.9 Å². The maximum Gasteiger partial charge on any atom is 0.586 e. The number of benzene rings is 3. The lowest BCUT2D eigenvalue weighted by Crippen LogP contribution is -2.46. The summed E-state index contributed by atoms with van der Waals surface area (Å²) in [7, 11) is 0. The monoisotopic (exact) mass is 509 g/mol. The van der Waals surface area contributed by atoms with E-state index >= 15 is 0 Å². The molecule has 0 unspecified atom stereocenters. The zero-order valence-corrected chi connectivity index (χ0v) is 19.5. The van der Waals surface area contributed by atoms with Gasteiger partial charge >= 0.3 is 12.3 Å². The lowest BCUT2D eigenvalue weighted by molar-refractivity contribution is -0.286. The van der Waals surface area contributed by atoms with E-state index in [-0.39, 0.29) is 35.3 Å². The number of carboxylic acids is 1. The van der Waals surface area contributed by atoms with E-state index in [0.717, 1.165) is 5.56 Å². The summed E-state index contributed by atoms with van der Waals surface area (Å²) in [6, 6.07) is 16.0. The highest BCUT2D eigenvalue weighted by molar-refractivity contribution is 5.90. The Morgan fingerprint density at radius 2 is 1.73 bits per heavy atom. The van der Waals surface area contributed by atoms with E-state index in [2.05, 4.69) is 14.8 Å². The van der Waals surface area contributed by atoms with Crippen molar-refractivity contribution in [1.29, 1.82) is 0 Å². The fourth-order valence-corrected chi connectivity index (χ4v) is 4.96. The maximum absolute atomic E-state index is 13.7. The van der Waals surface area contributed by atoms with Crippen molar-refractivity contribution in [2.45, 2.75) is 37.2 Å². The molecule has 2 N–H and O–H groups in total. The van der Waals surface area contributed by atoms with Crippen LogP contribution in [0.4, 0.5) is 8.78 Å². The van der Waals surface area contributed by atoms with Crippen molar-refractivity contribution in [3.63, 3.8) is 0 Å². The van der Waals surface area contributed by atoms with Crippen LogP contribution in [-0.2, 0) is 10.2 Å². The normalized spacial score (nSPS) is 24.3. The average molecular weight is 509 g/mol. The van der Waals surface area contributed by atoms with Crippen molar-refractivity contribution >= 4 is 11.9 Å². The molecule has 3 aliphatic rings. The summed E-state index contributed by atoms with van der Waals surface area (Å²) in [5.41, 5.74) is 0.808. The quantitative estimate of drug-likeness (QED) is 0.524. The summed E-state index contributed by atoms with van der Waals surface area (Å²) in [4.78, 5) is 25.2. The van der Waals surface area contributed by atoms with Crippen LogP contribution in [0.1, 0.15) is 52.5 Å². The summed E-state index contributed by atoms with van der Waals surface area (Å²) in [6.45, 7) is 1.68. The number of carboxylic acid groups (broad SMARTS) is 1. The molecule has 3 atom stereocenters. The predicted octanol–water partition coefficient (Wildman–Crippen LogP) is 4.74. The molecule has 0 saturated carbocycles. The second-order valence-electron chi connectivity index (χ2n) is 9.42. The highest BCUT2D eigenvalue weighted by Gasteiger charge is 2.49. The van der Waals surface area contributed by atoms with Crippen LogP contribution in [0.2, 0.25) is 0 Å². The number of aromatic carboxylic acids is 1. The summed E-state index contributed by atoms with van der Waals surface area (Å²) in [5, 5.41) is 12.5. The largest absolute Gasteiger partial charge is 0.586 e. The number of nitrogens with one attached hydrogen (secondary N) is 1. The first-order valence-electron chi connectivity index (χ1n) is 11.6. The number of hydrogen-bond acceptors (Lipinski definition) is 6. The van der Waals surface area contributed by atoms with Crippen molar-refractivity contribution < 1.29 is 42.4 Å². The molecule has 3 aromatic rings. The van der Waals surface area contributed by atoms with Crippen molar-refractivity contribution in [3.8, 4) is 23.0 Å². The van der Waals surface area contributed by atoms with Crippen LogP contribution in [0, 0.1) is 0 Å². The third-order valence-corrected chi connectivity index (χ3v) is 6.94. The van der Waals surface area contributed by atoms with Gasteiger partial charge in [-0.05, 0) is 36.8 Å². The highest BCUT2D eigenvalue weighted by Crippen LogP contribution is 2.50. The molecule has 190 valence electrons. The molecule has 0 bridgehead atoms. The van der Waals surface area contributed by atoms with Crippen LogP contribution in [0.5, 0.6) is 23.0 Å². The second kappa shape index (κ2) is 8.09. The molecule has 3 aliphatic heterocycles. The van der Waals surface area contributed by atoms with Crippen molar-refractivity contribution in [2.75, 3.05) is 6.61 Å². The van der Waals surface area contributed by atoms with Crippen LogP contribution in [0.25, 0.3) is 0 Å². The van der Waals surface area contributed by atoms with Gasteiger partial charge in [0.2, 0.25) is 5.91 Å². The molecule has 3 aromatic carbocycles. The minimum atomic E-state index is -3.78. The Labute approximate surface area is 209 Å². The number of amides is 1. The average Bonchev–Trinajstić information content (AvgIpc) is 3.37. The number of carbonyl (C=O) groups is 2. The molecule has 10 heteroatoms. The van der Waals surface area contributed by atoms with Gasteiger partial charge in [0.15, 0.2) is 11.5 Å². The summed E-state index contributed by atoms with van der Waals surface area (Å²) in [6.07, 6.45) is -3.94. The van der Waals surface area contributed by atoms with Gasteiger partial charge in [0, 0.05) is 23.6 Å². The Bertz CT molecular complexity index is 1440. The Morgan fingerprint density at radius 1 is 0.973 bits per heavy atom. The van der Waals surface area contributed by atoms with Crippen LogP contribution in [-0.4, -0.2) is 29.9 Å². The van der Waals surface area contributed by atoms with Gasteiger partial charge < -0.3 is 29.4 Å². The van der Waals surface area contributed by atoms with E-state index in [1.165, 1.54) is 18.2 Å². The number of alkyl halides is 2. The summed E-state index contributed by atoms with van der Waals surface area (Å²) < 4.78 is 48.1. The number of ether oxygens (including phenoxy) is 4. The molecule has 6 rings (SSSR count). The minimum absolute atomic E-state index is 0.00239. The number of hydrogen-bond donors (Lipinski definition) is 2. The molecule has 0 aliphatic carbocycles. The van der Waals surface area contributed by atoms with E-state index < -0.39 is 29.8 Å². The number of halogens is 2. The third kappa shape index (κ3) is 3.89. The zero-order valence-electron chi connectivity index (χ0n) is 19.5. The van der Waals surface area contributed by atoms with Crippen molar-refractivity contribution in [2.24, 2.45) is 0 Å². The SMILES string of the molecule is C[C@]1(C(=O)N[C@@H]2C[C@H](c3cccc(C(=O)O)c3)Oc3ccccc32)COc2cc3c(cc21)OC(F)(F)O3. The number of rotatable bonds is 4. The molecule has 37 heavy (non-hydrogen) atoms. The van der Waals surface area contributed by atoms with Gasteiger partial charge in [-0.3, -0.25) is 4.79 Å². The maximum atomic E-state index is 13.7. The highest BCUT2D eigenvalue weighted by atomic mass is 19.3. The molecule has 3 heterocycles. The predicted molar refractivity (Wildman–Crippen MR) is 124 cm³/mol. The first-order valence-corrected chi connectivity index (χ1v) is 11.6. The van der Waals surface area contributed by atoms with Gasteiger partial charge in [0.25, 0.3) is 0 Å². The molecule has 0 aromatic heterocycles. The van der Waals surface area contributed by atoms with Crippen LogP contribution in [0.15, 0.2) is 60.7 Å². The molecular weight excluding hydrogens is 488 g/mol. The number of para-hydroxylation sites is 1. The molecular formula is C27H21F2NO7. The standard InChI is InChI=1S/C27H21F2NO7/c1-26(13-34-21-12-23-22(10-17(21)26)36-27(28,29)37-23)25(33)30-18-11-20(35-19-8-3-2-7-16(18)19)14-5-4-6-15(9-14)24(31)32/h2-10,12,18,20H,11,13H2,1H3,(H,30,33)(H,31,32)/t18-,20-,26+/m1/s1. The minimum Gasteiger partial charge on any atom is -0.492 e. The number of carbonyl (C=O) groups excluding carboxylic acids is 1. The fourth-order valence-electron chi connectivity index (χ4n) is 4.96. The van der Waals surface area contributed by atoms with E-state index in [4.69, 9.17) is 9.47 Å². The Hall–Kier alpha value is -4.34. The second-order valence-corrected chi connectivity index (χ2v) is 9.42. The molecule has 1 amide bonds. The third-order valence-electron chi connectivity index (χ3n) is 6.94. The van der Waals surface area contributed by atoms with Gasteiger partial charge in [0.1, 0.15) is 29.6 Å².